The molecule has 3 aliphatic rings. The number of imide groups is 1. The fourth-order valence-electron chi connectivity index (χ4n) is 4.04. The molecule has 3 heterocycles. The Morgan fingerprint density at radius 3 is 2.52 bits per heavy atom. The van der Waals surface area contributed by atoms with Crippen molar-refractivity contribution in [2.45, 2.75) is 45.9 Å². The van der Waals surface area contributed by atoms with Crippen LogP contribution < -0.4 is 4.90 Å². The predicted octanol–water partition coefficient (Wildman–Crippen LogP) is 2.65. The average Bonchev–Trinajstić information content (AvgIpc) is 3.16. The first kappa shape index (κ1) is 19.4. The smallest absolute Gasteiger partial charge is 0.302 e. The fourth-order valence-corrected chi connectivity index (χ4v) is 4.22. The van der Waals surface area contributed by atoms with Gasteiger partial charge >= 0.3 is 6.03 Å². The zero-order valence-corrected chi connectivity index (χ0v) is 17.6. The van der Waals surface area contributed by atoms with Gasteiger partial charge in [-0.1, -0.05) is 17.7 Å². The van der Waals surface area contributed by atoms with Gasteiger partial charge < -0.3 is 4.90 Å². The Hall–Kier alpha value is -2.87. The van der Waals surface area contributed by atoms with E-state index in [1.807, 2.05) is 41.8 Å². The summed E-state index contributed by atoms with van der Waals surface area (Å²) in [6.07, 6.45) is -0.662. The molecule has 1 aromatic carbocycles. The minimum absolute atomic E-state index is 0.247. The maximum atomic E-state index is 13.3. The van der Waals surface area contributed by atoms with Gasteiger partial charge in [-0.25, -0.2) is 9.79 Å². The molecule has 152 valence electrons. The maximum Gasteiger partial charge on any atom is 0.328 e. The van der Waals surface area contributed by atoms with Crippen LogP contribution in [0.4, 0.5) is 10.5 Å². The lowest BCUT2D eigenvalue weighted by Crippen LogP contribution is -2.67. The first-order chi connectivity index (χ1) is 13.6. The molecule has 0 bridgehead atoms. The molecule has 0 saturated carbocycles. The zero-order chi connectivity index (χ0) is 21.2. The summed E-state index contributed by atoms with van der Waals surface area (Å²) in [6, 6.07) is 5.32. The molecular formula is C20H22ClN5O3. The van der Waals surface area contributed by atoms with Gasteiger partial charge in [0.15, 0.2) is 18.0 Å². The lowest BCUT2D eigenvalue weighted by Gasteiger charge is -2.42. The molecule has 1 fully saturated rings. The van der Waals surface area contributed by atoms with Gasteiger partial charge in [0, 0.05) is 23.5 Å². The third-order valence-corrected chi connectivity index (χ3v) is 6.12. The number of carbonyl (C=O) groups excluding carboxylic acids is 3. The first-order valence-electron chi connectivity index (χ1n) is 9.35. The molecule has 0 aliphatic carbocycles. The molecule has 3 amide bonds. The molecule has 1 saturated heterocycles. The second-order valence-electron chi connectivity index (χ2n) is 7.53. The number of carbonyl (C=O) groups is 3. The molecule has 29 heavy (non-hydrogen) atoms. The predicted molar refractivity (Wildman–Crippen MR) is 109 cm³/mol. The molecular weight excluding hydrogens is 394 g/mol. The van der Waals surface area contributed by atoms with Crippen molar-refractivity contribution in [3.05, 3.63) is 40.7 Å². The first-order valence-corrected chi connectivity index (χ1v) is 9.73. The SMILES string of the molecule is CC(=O)C(C)N1C(=O)C2C(N=C3N(c4cccc(Cl)c4)C(C)=C(C)N32)N(C)C1=O. The van der Waals surface area contributed by atoms with Crippen LogP contribution in [0.3, 0.4) is 0 Å². The second-order valence-corrected chi connectivity index (χ2v) is 7.97. The highest BCUT2D eigenvalue weighted by Crippen LogP contribution is 2.40. The number of likely N-dealkylation sites (N-methyl/N-ethyl adjacent to an activating group) is 1. The highest BCUT2D eigenvalue weighted by molar-refractivity contribution is 6.31. The number of guanidine groups is 1. The minimum atomic E-state index is -0.834. The van der Waals surface area contributed by atoms with Gasteiger partial charge in [-0.15, -0.1) is 0 Å². The summed E-state index contributed by atoms with van der Waals surface area (Å²) in [5, 5.41) is 0.590. The Kier molecular flexibility index (Phi) is 4.42. The monoisotopic (exact) mass is 415 g/mol. The Morgan fingerprint density at radius 1 is 1.21 bits per heavy atom. The molecule has 0 spiro atoms. The summed E-state index contributed by atoms with van der Waals surface area (Å²) in [5.74, 6) is -0.0923. The van der Waals surface area contributed by atoms with Crippen LogP contribution in [0.1, 0.15) is 27.7 Å². The van der Waals surface area contributed by atoms with E-state index in [4.69, 9.17) is 16.6 Å². The number of hydrogen-bond donors (Lipinski definition) is 0. The number of ketones is 1. The van der Waals surface area contributed by atoms with Gasteiger partial charge in [0.1, 0.15) is 0 Å². The average molecular weight is 416 g/mol. The van der Waals surface area contributed by atoms with Crippen molar-refractivity contribution in [1.82, 2.24) is 14.7 Å². The molecule has 3 aliphatic heterocycles. The molecule has 9 heteroatoms. The molecule has 3 unspecified atom stereocenters. The van der Waals surface area contributed by atoms with Crippen molar-refractivity contribution in [3.63, 3.8) is 0 Å². The topological polar surface area (TPSA) is 76.5 Å². The zero-order valence-electron chi connectivity index (χ0n) is 16.9. The Labute approximate surface area is 174 Å². The van der Waals surface area contributed by atoms with E-state index in [0.717, 1.165) is 22.0 Å². The lowest BCUT2D eigenvalue weighted by atomic mass is 10.1. The van der Waals surface area contributed by atoms with Crippen LogP contribution in [0.2, 0.25) is 5.02 Å². The number of fused-ring (bicyclic) bond motifs is 3. The number of halogens is 1. The molecule has 1 aromatic rings. The van der Waals surface area contributed by atoms with E-state index in [2.05, 4.69) is 0 Å². The van der Waals surface area contributed by atoms with Gasteiger partial charge in [0.2, 0.25) is 5.96 Å². The van der Waals surface area contributed by atoms with Crippen LogP contribution in [0.25, 0.3) is 0 Å². The van der Waals surface area contributed by atoms with Crippen LogP contribution in [0.5, 0.6) is 0 Å². The Morgan fingerprint density at radius 2 is 1.90 bits per heavy atom. The molecule has 3 atom stereocenters. The summed E-state index contributed by atoms with van der Waals surface area (Å²) in [4.78, 5) is 49.1. The van der Waals surface area contributed by atoms with Crippen molar-refractivity contribution in [2.24, 2.45) is 4.99 Å². The van der Waals surface area contributed by atoms with Crippen LogP contribution in [0.15, 0.2) is 40.7 Å². The third-order valence-electron chi connectivity index (χ3n) is 5.88. The van der Waals surface area contributed by atoms with Gasteiger partial charge in [0.05, 0.1) is 11.7 Å². The van der Waals surface area contributed by atoms with Gasteiger partial charge in [0.25, 0.3) is 5.91 Å². The number of benzene rings is 1. The minimum Gasteiger partial charge on any atom is -0.302 e. The molecule has 8 nitrogen and oxygen atoms in total. The maximum absolute atomic E-state index is 13.3. The molecule has 0 radical (unpaired) electrons. The lowest BCUT2D eigenvalue weighted by molar-refractivity contribution is -0.142. The molecule has 4 rings (SSSR count). The van der Waals surface area contributed by atoms with E-state index < -0.39 is 30.2 Å². The fraction of sp³-hybridized carbons (Fsp3) is 0.400. The number of amides is 3. The summed E-state index contributed by atoms with van der Waals surface area (Å²) >= 11 is 6.18. The number of hydrogen-bond acceptors (Lipinski definition) is 6. The number of anilines is 1. The largest absolute Gasteiger partial charge is 0.328 e. The van der Waals surface area contributed by atoms with Crippen LogP contribution >= 0.6 is 11.6 Å². The van der Waals surface area contributed by atoms with Crippen molar-refractivity contribution in [1.29, 1.82) is 0 Å². The third kappa shape index (κ3) is 2.66. The van der Waals surface area contributed by atoms with E-state index in [-0.39, 0.29) is 5.78 Å². The highest BCUT2D eigenvalue weighted by atomic mass is 35.5. The number of rotatable bonds is 3. The standard InChI is InChI=1S/C20H22ClN5O3/c1-10-11(2)25-16-17(22-19(25)24(10)15-8-6-7-14(21)9-15)23(5)20(29)26(18(16)28)12(3)13(4)27/h6-9,12,16-17H,1-5H3. The van der Waals surface area contributed by atoms with Crippen molar-refractivity contribution in [3.8, 4) is 0 Å². The second kappa shape index (κ2) is 6.59. The molecule has 0 aromatic heterocycles. The summed E-state index contributed by atoms with van der Waals surface area (Å²) < 4.78 is 0. The van der Waals surface area contributed by atoms with Gasteiger partial charge in [-0.2, -0.15) is 0 Å². The van der Waals surface area contributed by atoms with Crippen LogP contribution in [-0.2, 0) is 9.59 Å². The van der Waals surface area contributed by atoms with Gasteiger partial charge in [-0.05, 0) is 45.9 Å². The molecule has 0 N–H and O–H groups in total. The number of allylic oxidation sites excluding steroid dienone is 2. The Balaban J connectivity index is 1.79. The van der Waals surface area contributed by atoms with Crippen molar-refractivity contribution >= 4 is 41.0 Å². The van der Waals surface area contributed by atoms with E-state index in [0.29, 0.717) is 11.0 Å². The van der Waals surface area contributed by atoms with Crippen LogP contribution in [-0.4, -0.2) is 63.7 Å². The van der Waals surface area contributed by atoms with Gasteiger partial charge in [-0.3, -0.25) is 24.3 Å². The van der Waals surface area contributed by atoms with E-state index >= 15 is 0 Å². The van der Waals surface area contributed by atoms with Crippen LogP contribution in [0, 0.1) is 0 Å². The Bertz CT molecular complexity index is 1000. The number of nitrogens with zero attached hydrogens (tertiary/aromatic N) is 5. The highest BCUT2D eigenvalue weighted by Gasteiger charge is 2.57. The number of aliphatic imine (C=N–C) groups is 1. The summed E-state index contributed by atoms with van der Waals surface area (Å²) in [5.41, 5.74) is 2.61. The van der Waals surface area contributed by atoms with E-state index in [1.165, 1.54) is 11.8 Å². The quantitative estimate of drug-likeness (QED) is 0.758. The van der Waals surface area contributed by atoms with Crippen molar-refractivity contribution in [2.75, 3.05) is 11.9 Å². The van der Waals surface area contributed by atoms with Crippen molar-refractivity contribution < 1.29 is 14.4 Å². The van der Waals surface area contributed by atoms with E-state index in [1.54, 1.807) is 20.0 Å². The summed E-state index contributed by atoms with van der Waals surface area (Å²) in [7, 11) is 1.61. The number of urea groups is 1. The summed E-state index contributed by atoms with van der Waals surface area (Å²) in [6.45, 7) is 6.81. The number of Topliss-reactive ketones (excluding diaryl/α,β-unsaturated/α-hetero) is 1. The van der Waals surface area contributed by atoms with E-state index in [9.17, 15) is 14.4 Å². The normalized spacial score (nSPS) is 24.8.